The van der Waals surface area contributed by atoms with Crippen LogP contribution in [0.15, 0.2) is 54.4 Å². The van der Waals surface area contributed by atoms with Crippen LogP contribution in [0.1, 0.15) is 26.3 Å². The highest BCUT2D eigenvalue weighted by atomic mass is 19.4. The van der Waals surface area contributed by atoms with Crippen LogP contribution in [-0.4, -0.2) is 34.2 Å². The van der Waals surface area contributed by atoms with Gasteiger partial charge in [-0.25, -0.2) is 9.97 Å². The summed E-state index contributed by atoms with van der Waals surface area (Å²) in [5, 5.41) is 13.4. The van der Waals surface area contributed by atoms with Crippen LogP contribution in [-0.2, 0) is 11.0 Å². The standard InChI is InChI=1S/C24H25F3N6O2/c1-23(2,3)33-20(34)13-35-17-6-4-5-14(9-17)21-31-19-10-15(24(25,26)27)7-8-18(19)22(32-21)30-16(11-28)12-29/h4-12,28H,13,29H2,1-3H3,(H,33,34)(H,30,31,32)/b16-12+,28-11?. The Morgan fingerprint density at radius 1 is 1.14 bits per heavy atom. The van der Waals surface area contributed by atoms with Crippen molar-refractivity contribution in [1.29, 1.82) is 5.41 Å². The lowest BCUT2D eigenvalue weighted by atomic mass is 10.1. The second-order valence-corrected chi connectivity index (χ2v) is 8.63. The van der Waals surface area contributed by atoms with E-state index < -0.39 is 17.3 Å². The molecule has 0 saturated heterocycles. The molecule has 1 heterocycles. The molecule has 0 aliphatic rings. The Morgan fingerprint density at radius 2 is 1.89 bits per heavy atom. The van der Waals surface area contributed by atoms with Crippen molar-refractivity contribution in [3.05, 3.63) is 59.9 Å². The molecule has 3 aromatic rings. The van der Waals surface area contributed by atoms with Gasteiger partial charge in [0.1, 0.15) is 11.6 Å². The number of carbonyl (C=O) groups is 1. The summed E-state index contributed by atoms with van der Waals surface area (Å²) in [5.41, 5.74) is 4.93. The van der Waals surface area contributed by atoms with E-state index in [-0.39, 0.29) is 35.4 Å². The van der Waals surface area contributed by atoms with Gasteiger partial charge in [0.25, 0.3) is 5.91 Å². The molecule has 35 heavy (non-hydrogen) atoms. The molecule has 0 fully saturated rings. The Hall–Kier alpha value is -4.15. The van der Waals surface area contributed by atoms with Crippen molar-refractivity contribution < 1.29 is 22.7 Å². The molecule has 184 valence electrons. The third-order valence-corrected chi connectivity index (χ3v) is 4.60. The van der Waals surface area contributed by atoms with Crippen molar-refractivity contribution in [2.45, 2.75) is 32.5 Å². The fourth-order valence-electron chi connectivity index (χ4n) is 3.12. The maximum atomic E-state index is 13.3. The smallest absolute Gasteiger partial charge is 0.416 e. The van der Waals surface area contributed by atoms with Crippen molar-refractivity contribution >= 4 is 28.8 Å². The first kappa shape index (κ1) is 25.5. The van der Waals surface area contributed by atoms with E-state index in [4.69, 9.17) is 15.9 Å². The van der Waals surface area contributed by atoms with Gasteiger partial charge in [0.05, 0.1) is 16.8 Å². The van der Waals surface area contributed by atoms with Crippen molar-refractivity contribution in [1.82, 2.24) is 15.3 Å². The number of fused-ring (bicyclic) bond motifs is 1. The third kappa shape index (κ3) is 6.69. The van der Waals surface area contributed by atoms with Crippen LogP contribution in [0.3, 0.4) is 0 Å². The highest BCUT2D eigenvalue weighted by Crippen LogP contribution is 2.34. The van der Waals surface area contributed by atoms with Crippen molar-refractivity contribution in [2.24, 2.45) is 5.73 Å². The van der Waals surface area contributed by atoms with Gasteiger partial charge < -0.3 is 26.5 Å². The molecule has 1 amide bonds. The molecule has 11 heteroatoms. The zero-order valence-corrected chi connectivity index (χ0v) is 19.3. The normalized spacial score (nSPS) is 12.3. The maximum Gasteiger partial charge on any atom is 0.416 e. The lowest BCUT2D eigenvalue weighted by Gasteiger charge is -2.20. The number of hydrogen-bond donors (Lipinski definition) is 4. The number of nitrogens with zero attached hydrogens (tertiary/aromatic N) is 2. The SMILES string of the molecule is CC(C)(C)NC(=O)COc1cccc(-c2nc(N/C(C=N)=C/N)c3ccc(C(F)(F)F)cc3n2)c1. The summed E-state index contributed by atoms with van der Waals surface area (Å²) in [4.78, 5) is 20.8. The van der Waals surface area contributed by atoms with E-state index in [1.54, 1.807) is 24.3 Å². The van der Waals surface area contributed by atoms with Gasteiger partial charge in [0.15, 0.2) is 12.4 Å². The number of alkyl halides is 3. The van der Waals surface area contributed by atoms with E-state index in [1.165, 1.54) is 6.07 Å². The van der Waals surface area contributed by atoms with Gasteiger partial charge in [0, 0.05) is 28.9 Å². The number of ether oxygens (including phenoxy) is 1. The van der Waals surface area contributed by atoms with Crippen LogP contribution in [0.5, 0.6) is 5.75 Å². The molecule has 0 unspecified atom stereocenters. The summed E-state index contributed by atoms with van der Waals surface area (Å²) in [5.74, 6) is 0.347. The number of allylic oxidation sites excluding steroid dienone is 1. The number of anilines is 1. The average molecular weight is 486 g/mol. The van der Waals surface area contributed by atoms with Crippen LogP contribution in [0.4, 0.5) is 19.0 Å². The number of nitrogens with two attached hydrogens (primary N) is 1. The number of nitrogens with one attached hydrogen (secondary N) is 3. The minimum atomic E-state index is -4.55. The lowest BCUT2D eigenvalue weighted by molar-refractivity contribution is -0.137. The third-order valence-electron chi connectivity index (χ3n) is 4.60. The summed E-state index contributed by atoms with van der Waals surface area (Å²) in [6.07, 6.45) is -2.46. The number of hydrogen-bond acceptors (Lipinski definition) is 7. The van der Waals surface area contributed by atoms with Crippen LogP contribution < -0.4 is 21.1 Å². The number of benzene rings is 2. The predicted octanol–water partition coefficient (Wildman–Crippen LogP) is 4.47. The zero-order chi connectivity index (χ0) is 25.8. The zero-order valence-electron chi connectivity index (χ0n) is 19.3. The summed E-state index contributed by atoms with van der Waals surface area (Å²) < 4.78 is 45.5. The summed E-state index contributed by atoms with van der Waals surface area (Å²) in [7, 11) is 0. The Labute approximate surface area is 199 Å². The molecular formula is C24H25F3N6O2. The molecule has 0 atom stereocenters. The number of carbonyl (C=O) groups excluding carboxylic acids is 1. The van der Waals surface area contributed by atoms with Crippen LogP contribution >= 0.6 is 0 Å². The fourth-order valence-corrected chi connectivity index (χ4v) is 3.12. The molecule has 0 spiro atoms. The van der Waals surface area contributed by atoms with E-state index in [0.29, 0.717) is 16.7 Å². The van der Waals surface area contributed by atoms with E-state index in [2.05, 4.69) is 20.6 Å². The van der Waals surface area contributed by atoms with Crippen LogP contribution in [0.25, 0.3) is 22.3 Å². The number of halogens is 3. The summed E-state index contributed by atoms with van der Waals surface area (Å²) >= 11 is 0. The minimum absolute atomic E-state index is 0.0459. The molecule has 2 aromatic carbocycles. The second-order valence-electron chi connectivity index (χ2n) is 8.63. The molecule has 0 bridgehead atoms. The van der Waals surface area contributed by atoms with Gasteiger partial charge in [-0.15, -0.1) is 0 Å². The molecule has 0 aliphatic heterocycles. The highest BCUT2D eigenvalue weighted by Gasteiger charge is 2.31. The van der Waals surface area contributed by atoms with Gasteiger partial charge in [0.2, 0.25) is 0 Å². The Bertz CT molecular complexity index is 1280. The highest BCUT2D eigenvalue weighted by molar-refractivity contribution is 5.94. The molecule has 0 aliphatic carbocycles. The monoisotopic (exact) mass is 486 g/mol. The van der Waals surface area contributed by atoms with Gasteiger partial charge in [-0.2, -0.15) is 13.2 Å². The van der Waals surface area contributed by atoms with Gasteiger partial charge in [-0.05, 0) is 51.1 Å². The molecule has 5 N–H and O–H groups in total. The number of amides is 1. The van der Waals surface area contributed by atoms with E-state index in [0.717, 1.165) is 24.5 Å². The van der Waals surface area contributed by atoms with Crippen molar-refractivity contribution in [3.63, 3.8) is 0 Å². The topological polar surface area (TPSA) is 126 Å². The first-order valence-corrected chi connectivity index (χ1v) is 10.5. The molecule has 8 nitrogen and oxygen atoms in total. The van der Waals surface area contributed by atoms with Crippen LogP contribution in [0.2, 0.25) is 0 Å². The van der Waals surface area contributed by atoms with E-state index in [1.807, 2.05) is 20.8 Å². The van der Waals surface area contributed by atoms with Gasteiger partial charge in [-0.3, -0.25) is 4.79 Å². The largest absolute Gasteiger partial charge is 0.484 e. The van der Waals surface area contributed by atoms with Crippen LogP contribution in [0, 0.1) is 5.41 Å². The Balaban J connectivity index is 2.02. The summed E-state index contributed by atoms with van der Waals surface area (Å²) in [6, 6.07) is 9.66. The van der Waals surface area contributed by atoms with E-state index >= 15 is 0 Å². The molecular weight excluding hydrogens is 461 g/mol. The summed E-state index contributed by atoms with van der Waals surface area (Å²) in [6.45, 7) is 5.33. The quantitative estimate of drug-likeness (QED) is 0.365. The molecule has 1 aromatic heterocycles. The predicted molar refractivity (Wildman–Crippen MR) is 128 cm³/mol. The first-order valence-electron chi connectivity index (χ1n) is 10.5. The second kappa shape index (κ2) is 10.00. The van der Waals surface area contributed by atoms with E-state index in [9.17, 15) is 18.0 Å². The molecule has 0 saturated carbocycles. The van der Waals surface area contributed by atoms with Crippen molar-refractivity contribution in [2.75, 3.05) is 11.9 Å². The Kier molecular flexibility index (Phi) is 7.28. The van der Waals surface area contributed by atoms with Gasteiger partial charge >= 0.3 is 6.18 Å². The first-order chi connectivity index (χ1) is 16.4. The molecule has 0 radical (unpaired) electrons. The molecule has 3 rings (SSSR count). The average Bonchev–Trinajstić information content (AvgIpc) is 2.79. The number of rotatable bonds is 7. The maximum absolute atomic E-state index is 13.3. The van der Waals surface area contributed by atoms with Gasteiger partial charge in [-0.1, -0.05) is 12.1 Å². The Morgan fingerprint density at radius 3 is 2.51 bits per heavy atom. The fraction of sp³-hybridized carbons (Fsp3) is 0.250. The van der Waals surface area contributed by atoms with Crippen molar-refractivity contribution in [3.8, 4) is 17.1 Å². The lowest BCUT2D eigenvalue weighted by Crippen LogP contribution is -2.43. The number of aromatic nitrogens is 2. The minimum Gasteiger partial charge on any atom is -0.484 e.